The highest BCUT2D eigenvalue weighted by Crippen LogP contribution is 2.28. The van der Waals surface area contributed by atoms with Crippen molar-refractivity contribution in [3.8, 4) is 10.6 Å². The van der Waals surface area contributed by atoms with Gasteiger partial charge in [-0.15, -0.1) is 36.2 Å². The van der Waals surface area contributed by atoms with E-state index in [4.69, 9.17) is 11.5 Å². The van der Waals surface area contributed by atoms with E-state index in [1.165, 1.54) is 5.56 Å². The van der Waals surface area contributed by atoms with Crippen molar-refractivity contribution in [2.45, 2.75) is 13.5 Å². The van der Waals surface area contributed by atoms with Crippen molar-refractivity contribution >= 4 is 41.8 Å². The van der Waals surface area contributed by atoms with Crippen LogP contribution in [0.4, 0.5) is 5.69 Å². The fraction of sp³-hybridized carbons (Fsp3) is 0.182. The number of rotatable bonds is 2. The molecule has 17 heavy (non-hydrogen) atoms. The van der Waals surface area contributed by atoms with Gasteiger partial charge in [0.15, 0.2) is 0 Å². The Bertz CT molecular complexity index is 485. The molecule has 0 fully saturated rings. The van der Waals surface area contributed by atoms with Crippen molar-refractivity contribution in [3.63, 3.8) is 0 Å². The second-order valence-corrected chi connectivity index (χ2v) is 4.28. The number of benzene rings is 1. The van der Waals surface area contributed by atoms with Crippen molar-refractivity contribution in [2.75, 3.05) is 5.73 Å². The number of aromatic nitrogens is 1. The number of hydrogen-bond donors (Lipinski definition) is 2. The van der Waals surface area contributed by atoms with Crippen molar-refractivity contribution in [1.82, 2.24) is 4.98 Å². The summed E-state index contributed by atoms with van der Waals surface area (Å²) in [6, 6.07) is 5.86. The monoisotopic (exact) mass is 291 g/mol. The summed E-state index contributed by atoms with van der Waals surface area (Å²) < 4.78 is 0. The summed E-state index contributed by atoms with van der Waals surface area (Å²) in [5.41, 5.74) is 15.3. The standard InChI is InChI=1S/C11H13N3S.2ClH/c1-7-2-3-8(13)4-10(7)11-14-9(5-12)6-15-11;;/h2-4,6H,5,12-13H2,1H3;2*1H. The van der Waals surface area contributed by atoms with Crippen LogP contribution >= 0.6 is 36.2 Å². The average molecular weight is 292 g/mol. The van der Waals surface area contributed by atoms with Gasteiger partial charge in [0.25, 0.3) is 0 Å². The molecule has 0 unspecified atom stereocenters. The molecule has 0 bridgehead atoms. The molecule has 4 N–H and O–H groups in total. The zero-order valence-electron chi connectivity index (χ0n) is 9.34. The lowest BCUT2D eigenvalue weighted by Gasteiger charge is -2.03. The van der Waals surface area contributed by atoms with Gasteiger partial charge in [-0.3, -0.25) is 0 Å². The molecule has 2 rings (SSSR count). The predicted molar refractivity (Wildman–Crippen MR) is 79.1 cm³/mol. The normalized spacial score (nSPS) is 9.29. The summed E-state index contributed by atoms with van der Waals surface area (Å²) in [6.07, 6.45) is 0. The van der Waals surface area contributed by atoms with Gasteiger partial charge in [-0.25, -0.2) is 4.98 Å². The number of thiazole rings is 1. The van der Waals surface area contributed by atoms with Crippen LogP contribution in [0.15, 0.2) is 23.6 Å². The van der Waals surface area contributed by atoms with E-state index >= 15 is 0 Å². The Balaban J connectivity index is 0.00000128. The number of nitrogen functional groups attached to an aromatic ring is 1. The van der Waals surface area contributed by atoms with Crippen LogP contribution in [0.1, 0.15) is 11.3 Å². The quantitative estimate of drug-likeness (QED) is 0.836. The molecule has 0 saturated heterocycles. The van der Waals surface area contributed by atoms with E-state index in [1.807, 2.05) is 23.6 Å². The molecular weight excluding hydrogens is 277 g/mol. The van der Waals surface area contributed by atoms with Gasteiger partial charge in [-0.05, 0) is 24.6 Å². The van der Waals surface area contributed by atoms with Crippen LogP contribution in [0.2, 0.25) is 0 Å². The first kappa shape index (κ1) is 16.2. The van der Waals surface area contributed by atoms with Gasteiger partial charge in [0.05, 0.1) is 5.69 Å². The molecular formula is C11H15Cl2N3S. The van der Waals surface area contributed by atoms with Gasteiger partial charge < -0.3 is 11.5 Å². The van der Waals surface area contributed by atoms with Gasteiger partial charge in [0, 0.05) is 23.2 Å². The maximum absolute atomic E-state index is 5.76. The topological polar surface area (TPSA) is 64.9 Å². The zero-order chi connectivity index (χ0) is 10.8. The zero-order valence-corrected chi connectivity index (χ0v) is 11.8. The van der Waals surface area contributed by atoms with Crippen LogP contribution in [0.5, 0.6) is 0 Å². The Morgan fingerprint density at radius 2 is 2.00 bits per heavy atom. The first-order valence-electron chi connectivity index (χ1n) is 4.71. The van der Waals surface area contributed by atoms with Gasteiger partial charge in [-0.1, -0.05) is 6.07 Å². The highest BCUT2D eigenvalue weighted by atomic mass is 35.5. The summed E-state index contributed by atoms with van der Waals surface area (Å²) in [4.78, 5) is 4.44. The number of anilines is 1. The smallest absolute Gasteiger partial charge is 0.124 e. The number of nitrogens with zero attached hydrogens (tertiary/aromatic N) is 1. The van der Waals surface area contributed by atoms with Crippen molar-refractivity contribution in [1.29, 1.82) is 0 Å². The van der Waals surface area contributed by atoms with E-state index in [2.05, 4.69) is 11.9 Å². The lowest BCUT2D eigenvalue weighted by atomic mass is 10.1. The fourth-order valence-electron chi connectivity index (χ4n) is 1.39. The summed E-state index contributed by atoms with van der Waals surface area (Å²) >= 11 is 1.60. The minimum Gasteiger partial charge on any atom is -0.399 e. The molecule has 0 amide bonds. The molecule has 0 aliphatic rings. The molecule has 6 heteroatoms. The summed E-state index contributed by atoms with van der Waals surface area (Å²) in [5, 5.41) is 2.97. The largest absolute Gasteiger partial charge is 0.399 e. The van der Waals surface area contributed by atoms with Crippen molar-refractivity contribution in [2.24, 2.45) is 5.73 Å². The van der Waals surface area contributed by atoms with Crippen LogP contribution in [0.25, 0.3) is 10.6 Å². The number of hydrogen-bond acceptors (Lipinski definition) is 4. The summed E-state index contributed by atoms with van der Waals surface area (Å²) in [7, 11) is 0. The second-order valence-electron chi connectivity index (χ2n) is 3.42. The van der Waals surface area contributed by atoms with E-state index in [-0.39, 0.29) is 24.8 Å². The maximum Gasteiger partial charge on any atom is 0.124 e. The first-order valence-corrected chi connectivity index (χ1v) is 5.59. The average Bonchev–Trinajstić information content (AvgIpc) is 2.70. The van der Waals surface area contributed by atoms with E-state index in [1.54, 1.807) is 11.3 Å². The van der Waals surface area contributed by atoms with Crippen molar-refractivity contribution < 1.29 is 0 Å². The van der Waals surface area contributed by atoms with E-state index < -0.39 is 0 Å². The Morgan fingerprint density at radius 1 is 1.29 bits per heavy atom. The highest BCUT2D eigenvalue weighted by Gasteiger charge is 2.06. The SMILES string of the molecule is Cc1ccc(N)cc1-c1nc(CN)cs1.Cl.Cl. The fourth-order valence-corrected chi connectivity index (χ4v) is 2.31. The van der Waals surface area contributed by atoms with E-state index in [0.29, 0.717) is 6.54 Å². The van der Waals surface area contributed by atoms with Gasteiger partial charge in [0.2, 0.25) is 0 Å². The molecule has 1 aromatic carbocycles. The molecule has 0 aliphatic heterocycles. The third kappa shape index (κ3) is 3.57. The van der Waals surface area contributed by atoms with Gasteiger partial charge >= 0.3 is 0 Å². The van der Waals surface area contributed by atoms with Crippen LogP contribution in [0.3, 0.4) is 0 Å². The number of aryl methyl sites for hydroxylation is 1. The minimum absolute atomic E-state index is 0. The van der Waals surface area contributed by atoms with E-state index in [9.17, 15) is 0 Å². The first-order chi connectivity index (χ1) is 7.20. The third-order valence-electron chi connectivity index (χ3n) is 2.25. The van der Waals surface area contributed by atoms with Gasteiger partial charge in [0.1, 0.15) is 5.01 Å². The Labute approximate surface area is 117 Å². The molecule has 0 spiro atoms. The minimum atomic E-state index is 0. The van der Waals surface area contributed by atoms with Crippen LogP contribution in [0, 0.1) is 6.92 Å². The van der Waals surface area contributed by atoms with Crippen molar-refractivity contribution in [3.05, 3.63) is 34.8 Å². The Kier molecular flexibility index (Phi) is 6.49. The summed E-state index contributed by atoms with van der Waals surface area (Å²) in [6.45, 7) is 2.54. The number of nitrogens with two attached hydrogens (primary N) is 2. The molecule has 0 atom stereocenters. The van der Waals surface area contributed by atoms with E-state index in [0.717, 1.165) is 22.0 Å². The third-order valence-corrected chi connectivity index (χ3v) is 3.18. The Hall–Kier alpha value is -0.810. The lowest BCUT2D eigenvalue weighted by molar-refractivity contribution is 1.01. The number of halogens is 2. The molecule has 94 valence electrons. The Morgan fingerprint density at radius 3 is 2.59 bits per heavy atom. The molecule has 3 nitrogen and oxygen atoms in total. The van der Waals surface area contributed by atoms with Crippen LogP contribution < -0.4 is 11.5 Å². The molecule has 2 aromatic rings. The molecule has 0 radical (unpaired) electrons. The molecule has 1 heterocycles. The molecule has 0 saturated carbocycles. The second kappa shape index (κ2) is 6.81. The lowest BCUT2D eigenvalue weighted by Crippen LogP contribution is -1.96. The van der Waals surface area contributed by atoms with Gasteiger partial charge in [-0.2, -0.15) is 0 Å². The van der Waals surface area contributed by atoms with Crippen LogP contribution in [-0.4, -0.2) is 4.98 Å². The summed E-state index contributed by atoms with van der Waals surface area (Å²) in [5.74, 6) is 0. The predicted octanol–water partition coefficient (Wildman–Crippen LogP) is 3.00. The molecule has 1 aromatic heterocycles. The molecule has 0 aliphatic carbocycles. The highest BCUT2D eigenvalue weighted by molar-refractivity contribution is 7.13. The van der Waals surface area contributed by atoms with Crippen LogP contribution in [-0.2, 0) is 6.54 Å². The maximum atomic E-state index is 5.76.